The molecule has 0 saturated heterocycles. The largest absolute Gasteiger partial charge is 0.436 e. The Morgan fingerprint density at radius 2 is 1.83 bits per heavy atom. The maximum atomic E-state index is 12.8. The van der Waals surface area contributed by atoms with Crippen molar-refractivity contribution in [2.24, 2.45) is 0 Å². The van der Waals surface area contributed by atoms with Gasteiger partial charge in [-0.3, -0.25) is 4.79 Å². The van der Waals surface area contributed by atoms with Gasteiger partial charge < -0.3 is 9.73 Å². The molecule has 0 spiro atoms. The molecule has 0 unspecified atom stereocenters. The Labute approximate surface area is 203 Å². The highest BCUT2D eigenvalue weighted by molar-refractivity contribution is 14.1. The molecule has 0 atom stereocenters. The van der Waals surface area contributed by atoms with Crippen molar-refractivity contribution in [3.63, 3.8) is 0 Å². The number of carbonyl (C=O) groups is 1. The highest BCUT2D eigenvalue weighted by Gasteiger charge is 2.15. The van der Waals surface area contributed by atoms with E-state index in [1.165, 1.54) is 11.1 Å². The van der Waals surface area contributed by atoms with E-state index >= 15 is 0 Å². The van der Waals surface area contributed by atoms with Crippen LogP contribution >= 0.6 is 61.1 Å². The quantitative estimate of drug-likeness (QED) is 0.183. The maximum absolute atomic E-state index is 12.8. The Morgan fingerprint density at radius 3 is 2.59 bits per heavy atom. The summed E-state index contributed by atoms with van der Waals surface area (Å²) >= 11 is 7.93. The van der Waals surface area contributed by atoms with Gasteiger partial charge in [0.15, 0.2) is 5.58 Å². The number of oxazole rings is 1. The average molecular weight is 673 g/mol. The molecule has 29 heavy (non-hydrogen) atoms. The van der Waals surface area contributed by atoms with Crippen molar-refractivity contribution in [1.29, 1.82) is 0 Å². The number of carbonyl (C=O) groups excluding carboxylic acids is 1. The SMILES string of the molecule is Cc1ccc(-c2nc3cc(NC(=O)c4cc(I)cc(I)c4Br)ccc3o2)cc1C. The number of nitrogens with one attached hydrogen (secondary N) is 1. The number of hydrogen-bond acceptors (Lipinski definition) is 3. The molecule has 0 aliphatic carbocycles. The van der Waals surface area contributed by atoms with E-state index < -0.39 is 0 Å². The maximum Gasteiger partial charge on any atom is 0.256 e. The summed E-state index contributed by atoms with van der Waals surface area (Å²) in [6.07, 6.45) is 0. The molecule has 0 fully saturated rings. The Morgan fingerprint density at radius 1 is 1.03 bits per heavy atom. The summed E-state index contributed by atoms with van der Waals surface area (Å²) in [5.74, 6) is 0.395. The standard InChI is InChI=1S/C22H15BrI2N2O2/c1-11-3-4-13(7-12(11)2)22-27-18-10-15(5-6-19(18)29-22)26-21(28)16-8-14(24)9-17(25)20(16)23/h3-10H,1-2H3,(H,26,28). The molecule has 1 aromatic heterocycles. The zero-order valence-corrected chi connectivity index (χ0v) is 21.4. The van der Waals surface area contributed by atoms with E-state index in [0.717, 1.165) is 17.2 Å². The molecule has 4 nitrogen and oxygen atoms in total. The highest BCUT2D eigenvalue weighted by Crippen LogP contribution is 2.29. The van der Waals surface area contributed by atoms with Gasteiger partial charge in [-0.15, -0.1) is 0 Å². The number of rotatable bonds is 3. The molecule has 4 aromatic rings. The summed E-state index contributed by atoms with van der Waals surface area (Å²) in [5, 5.41) is 2.95. The van der Waals surface area contributed by atoms with E-state index in [1.807, 2.05) is 36.4 Å². The number of aryl methyl sites for hydroxylation is 2. The minimum absolute atomic E-state index is 0.175. The van der Waals surface area contributed by atoms with Gasteiger partial charge in [0.2, 0.25) is 5.89 Å². The van der Waals surface area contributed by atoms with Crippen LogP contribution in [0.15, 0.2) is 57.4 Å². The van der Waals surface area contributed by atoms with Gasteiger partial charge in [-0.1, -0.05) is 6.07 Å². The predicted molar refractivity (Wildman–Crippen MR) is 136 cm³/mol. The van der Waals surface area contributed by atoms with Crippen molar-refractivity contribution in [1.82, 2.24) is 4.98 Å². The molecule has 3 aromatic carbocycles. The molecule has 0 bridgehead atoms. The Balaban J connectivity index is 1.64. The summed E-state index contributed by atoms with van der Waals surface area (Å²) in [6, 6.07) is 15.5. The molecule has 1 heterocycles. The van der Waals surface area contributed by atoms with Crippen LogP contribution in [0.3, 0.4) is 0 Å². The van der Waals surface area contributed by atoms with Gasteiger partial charge in [0.05, 0.1) is 5.56 Å². The van der Waals surface area contributed by atoms with Crippen LogP contribution in [0.1, 0.15) is 21.5 Å². The van der Waals surface area contributed by atoms with E-state index in [4.69, 9.17) is 4.42 Å². The lowest BCUT2D eigenvalue weighted by molar-refractivity contribution is 0.102. The van der Waals surface area contributed by atoms with Gasteiger partial charge in [-0.2, -0.15) is 0 Å². The van der Waals surface area contributed by atoms with Crippen LogP contribution in [0.5, 0.6) is 0 Å². The van der Waals surface area contributed by atoms with E-state index in [0.29, 0.717) is 28.2 Å². The fourth-order valence-corrected chi connectivity index (χ4v) is 5.18. The third-order valence-electron chi connectivity index (χ3n) is 4.64. The molecule has 146 valence electrons. The van der Waals surface area contributed by atoms with E-state index in [2.05, 4.69) is 97.4 Å². The first-order valence-electron chi connectivity index (χ1n) is 8.76. The van der Waals surface area contributed by atoms with Crippen LogP contribution in [0.4, 0.5) is 5.69 Å². The van der Waals surface area contributed by atoms with Crippen molar-refractivity contribution < 1.29 is 9.21 Å². The summed E-state index contributed by atoms with van der Waals surface area (Å²) in [4.78, 5) is 17.4. The molecule has 0 aliphatic rings. The zero-order valence-electron chi connectivity index (χ0n) is 15.5. The van der Waals surface area contributed by atoms with E-state index in [-0.39, 0.29) is 5.91 Å². The van der Waals surface area contributed by atoms with Gasteiger partial charge in [-0.05, 0) is 129 Å². The Bertz CT molecular complexity index is 1270. The summed E-state index contributed by atoms with van der Waals surface area (Å²) in [7, 11) is 0. The highest BCUT2D eigenvalue weighted by atomic mass is 127. The second kappa shape index (κ2) is 8.35. The zero-order chi connectivity index (χ0) is 20.7. The molecule has 1 amide bonds. The number of anilines is 1. The molecule has 4 rings (SSSR count). The number of benzene rings is 3. The second-order valence-corrected chi connectivity index (χ2v) is 9.90. The van der Waals surface area contributed by atoms with Crippen molar-refractivity contribution >= 4 is 83.8 Å². The van der Waals surface area contributed by atoms with Crippen molar-refractivity contribution in [3.8, 4) is 11.5 Å². The Hall–Kier alpha value is -1.46. The second-order valence-electron chi connectivity index (χ2n) is 6.70. The smallest absolute Gasteiger partial charge is 0.256 e. The van der Waals surface area contributed by atoms with Crippen LogP contribution in [0.2, 0.25) is 0 Å². The molecule has 7 heteroatoms. The molecule has 0 radical (unpaired) electrons. The van der Waals surface area contributed by atoms with E-state index in [1.54, 1.807) is 0 Å². The summed E-state index contributed by atoms with van der Waals surface area (Å²) in [5.41, 5.74) is 6.00. The fraction of sp³-hybridized carbons (Fsp3) is 0.0909. The predicted octanol–water partition coefficient (Wildman–Crippen LogP) is 7.34. The normalized spacial score (nSPS) is 11.1. The third-order valence-corrected chi connectivity index (χ3v) is 7.71. The molecular weight excluding hydrogens is 658 g/mol. The van der Waals surface area contributed by atoms with Crippen molar-refractivity contribution in [2.45, 2.75) is 13.8 Å². The first kappa shape index (κ1) is 20.8. The molecule has 0 saturated carbocycles. The topological polar surface area (TPSA) is 55.1 Å². The van der Waals surface area contributed by atoms with Crippen molar-refractivity contribution in [3.05, 3.63) is 76.8 Å². The number of amides is 1. The van der Waals surface area contributed by atoms with Gasteiger partial charge in [0.1, 0.15) is 5.52 Å². The van der Waals surface area contributed by atoms with Crippen LogP contribution in [-0.4, -0.2) is 10.9 Å². The number of aromatic nitrogens is 1. The summed E-state index contributed by atoms with van der Waals surface area (Å²) < 4.78 is 8.69. The number of fused-ring (bicyclic) bond motifs is 1. The lowest BCUT2D eigenvalue weighted by atomic mass is 10.1. The fourth-order valence-electron chi connectivity index (χ4n) is 2.92. The van der Waals surface area contributed by atoms with Crippen LogP contribution in [0.25, 0.3) is 22.6 Å². The van der Waals surface area contributed by atoms with Crippen molar-refractivity contribution in [2.75, 3.05) is 5.32 Å². The number of hydrogen-bond donors (Lipinski definition) is 1. The number of nitrogens with zero attached hydrogens (tertiary/aromatic N) is 1. The van der Waals surface area contributed by atoms with Gasteiger partial charge in [-0.25, -0.2) is 4.98 Å². The van der Waals surface area contributed by atoms with E-state index in [9.17, 15) is 4.79 Å². The molecular formula is C22H15BrI2N2O2. The first-order valence-corrected chi connectivity index (χ1v) is 11.7. The molecule has 1 N–H and O–H groups in total. The minimum Gasteiger partial charge on any atom is -0.436 e. The lowest BCUT2D eigenvalue weighted by Crippen LogP contribution is -2.13. The van der Waals surface area contributed by atoms with Crippen LogP contribution in [0, 0.1) is 21.0 Å². The van der Waals surface area contributed by atoms with Gasteiger partial charge >= 0.3 is 0 Å². The average Bonchev–Trinajstić information content (AvgIpc) is 3.10. The third kappa shape index (κ3) is 4.36. The van der Waals surface area contributed by atoms with Gasteiger partial charge in [0.25, 0.3) is 5.91 Å². The monoisotopic (exact) mass is 672 g/mol. The lowest BCUT2D eigenvalue weighted by Gasteiger charge is -2.09. The Kier molecular flexibility index (Phi) is 5.99. The number of halogens is 3. The first-order chi connectivity index (χ1) is 13.8. The molecule has 0 aliphatic heterocycles. The summed E-state index contributed by atoms with van der Waals surface area (Å²) in [6.45, 7) is 4.15. The van der Waals surface area contributed by atoms with Crippen LogP contribution < -0.4 is 5.32 Å². The van der Waals surface area contributed by atoms with Crippen LogP contribution in [-0.2, 0) is 0 Å². The minimum atomic E-state index is -0.175. The van der Waals surface area contributed by atoms with Gasteiger partial charge in [0, 0.05) is 22.9 Å².